The van der Waals surface area contributed by atoms with E-state index in [9.17, 15) is 9.59 Å². The molecule has 4 nitrogen and oxygen atoms in total. The van der Waals surface area contributed by atoms with Gasteiger partial charge in [0.15, 0.2) is 5.41 Å². The number of ether oxygens (including phenoxy) is 2. The maximum atomic E-state index is 12.1. The Labute approximate surface area is 119 Å². The molecule has 0 spiro atoms. The van der Waals surface area contributed by atoms with Crippen LogP contribution in [0.5, 0.6) is 0 Å². The van der Waals surface area contributed by atoms with Gasteiger partial charge in [-0.05, 0) is 37.0 Å². The van der Waals surface area contributed by atoms with Gasteiger partial charge in [-0.3, -0.25) is 9.59 Å². The maximum Gasteiger partial charge on any atom is 0.323 e. The fraction of sp³-hybridized carbons (Fsp3) is 0.625. The minimum atomic E-state index is -1.15. The second-order valence-corrected chi connectivity index (χ2v) is 5.83. The molecule has 1 saturated carbocycles. The second kappa shape index (κ2) is 5.81. The number of allylic oxidation sites excluding steroid dienone is 4. The van der Waals surface area contributed by atoms with Crippen LogP contribution < -0.4 is 0 Å². The lowest BCUT2D eigenvalue weighted by atomic mass is 9.85. The molecule has 1 fully saturated rings. The van der Waals surface area contributed by atoms with E-state index in [1.54, 1.807) is 0 Å². The molecule has 0 bridgehead atoms. The van der Waals surface area contributed by atoms with Crippen molar-refractivity contribution >= 4 is 11.9 Å². The zero-order chi connectivity index (χ0) is 14.8. The Morgan fingerprint density at radius 3 is 2.10 bits per heavy atom. The summed E-state index contributed by atoms with van der Waals surface area (Å²) in [7, 11) is 2.64. The van der Waals surface area contributed by atoms with Crippen molar-refractivity contribution in [3.05, 3.63) is 24.3 Å². The number of methoxy groups -OCH3 is 2. The highest BCUT2D eigenvalue weighted by Gasteiger charge is 2.56. The number of hydrogen-bond donors (Lipinski definition) is 0. The normalized spacial score (nSPS) is 34.2. The summed E-state index contributed by atoms with van der Waals surface area (Å²) in [6.07, 6.45) is 10.5. The van der Waals surface area contributed by atoms with Crippen molar-refractivity contribution in [3.63, 3.8) is 0 Å². The number of rotatable bonds is 2. The van der Waals surface area contributed by atoms with Gasteiger partial charge >= 0.3 is 11.9 Å². The lowest BCUT2D eigenvalue weighted by molar-refractivity contribution is -0.168. The number of hydrogen-bond acceptors (Lipinski definition) is 4. The molecular formula is C16H22O4. The summed E-state index contributed by atoms with van der Waals surface area (Å²) >= 11 is 0. The largest absolute Gasteiger partial charge is 0.468 e. The first-order valence-corrected chi connectivity index (χ1v) is 7.05. The molecule has 0 aromatic rings. The molecule has 0 amide bonds. The van der Waals surface area contributed by atoms with Crippen molar-refractivity contribution in [1.82, 2.24) is 0 Å². The summed E-state index contributed by atoms with van der Waals surface area (Å²) in [6, 6.07) is 0. The van der Waals surface area contributed by atoms with Crippen LogP contribution in [0.1, 0.15) is 26.2 Å². The summed E-state index contributed by atoms with van der Waals surface area (Å²) in [5.74, 6) is -0.0977. The molecule has 20 heavy (non-hydrogen) atoms. The predicted molar refractivity (Wildman–Crippen MR) is 74.7 cm³/mol. The van der Waals surface area contributed by atoms with Crippen LogP contribution in [-0.2, 0) is 19.1 Å². The third-order valence-corrected chi connectivity index (χ3v) is 4.45. The molecule has 0 heterocycles. The Bertz CT molecular complexity index is 433. The van der Waals surface area contributed by atoms with Crippen molar-refractivity contribution in [3.8, 4) is 0 Å². The fourth-order valence-corrected chi connectivity index (χ4v) is 3.30. The molecule has 3 atom stereocenters. The van der Waals surface area contributed by atoms with E-state index in [4.69, 9.17) is 9.47 Å². The van der Waals surface area contributed by atoms with E-state index in [0.29, 0.717) is 18.8 Å². The smallest absolute Gasteiger partial charge is 0.323 e. The van der Waals surface area contributed by atoms with E-state index in [0.717, 1.165) is 6.42 Å². The van der Waals surface area contributed by atoms with Gasteiger partial charge in [-0.2, -0.15) is 0 Å². The Balaban J connectivity index is 2.32. The Morgan fingerprint density at radius 1 is 1.00 bits per heavy atom. The van der Waals surface area contributed by atoms with E-state index in [1.807, 2.05) is 0 Å². The van der Waals surface area contributed by atoms with Gasteiger partial charge in [0.05, 0.1) is 14.2 Å². The third kappa shape index (κ3) is 2.51. The number of carbonyl (C=O) groups excluding carboxylic acids is 2. The number of fused-ring (bicyclic) bond motifs is 1. The van der Waals surface area contributed by atoms with Crippen LogP contribution in [0.3, 0.4) is 0 Å². The molecule has 0 aliphatic heterocycles. The maximum absolute atomic E-state index is 12.1. The molecular weight excluding hydrogens is 256 g/mol. The first-order valence-electron chi connectivity index (χ1n) is 7.05. The van der Waals surface area contributed by atoms with Crippen molar-refractivity contribution in [2.45, 2.75) is 26.2 Å². The first-order chi connectivity index (χ1) is 9.53. The minimum Gasteiger partial charge on any atom is -0.468 e. The molecule has 4 heteroatoms. The molecule has 0 radical (unpaired) electrons. The zero-order valence-corrected chi connectivity index (χ0v) is 12.3. The SMILES string of the molecule is COC(=O)C1(C(=O)OC)C[C@H]2/C=C\[C@@H](C)C/C=C\[C@H]2C1. The van der Waals surface area contributed by atoms with Crippen LogP contribution in [0, 0.1) is 23.2 Å². The van der Waals surface area contributed by atoms with Crippen molar-refractivity contribution in [2.75, 3.05) is 14.2 Å². The average Bonchev–Trinajstić information content (AvgIpc) is 2.81. The molecule has 2 aliphatic carbocycles. The fourth-order valence-electron chi connectivity index (χ4n) is 3.30. The number of carbonyl (C=O) groups is 2. The van der Waals surface area contributed by atoms with Crippen LogP contribution in [0.15, 0.2) is 24.3 Å². The highest BCUT2D eigenvalue weighted by molar-refractivity contribution is 6.00. The van der Waals surface area contributed by atoms with Gasteiger partial charge in [0.1, 0.15) is 0 Å². The van der Waals surface area contributed by atoms with Crippen molar-refractivity contribution < 1.29 is 19.1 Å². The molecule has 2 aliphatic rings. The van der Waals surface area contributed by atoms with Gasteiger partial charge in [0.2, 0.25) is 0 Å². The van der Waals surface area contributed by atoms with E-state index in [-0.39, 0.29) is 11.8 Å². The lowest BCUT2D eigenvalue weighted by Crippen LogP contribution is -2.39. The van der Waals surface area contributed by atoms with Gasteiger partial charge in [0, 0.05) is 0 Å². The average molecular weight is 278 g/mol. The zero-order valence-electron chi connectivity index (χ0n) is 12.3. The Morgan fingerprint density at radius 2 is 1.55 bits per heavy atom. The van der Waals surface area contributed by atoms with Gasteiger partial charge < -0.3 is 9.47 Å². The molecule has 110 valence electrons. The summed E-state index contributed by atoms with van der Waals surface area (Å²) < 4.78 is 9.72. The highest BCUT2D eigenvalue weighted by Crippen LogP contribution is 2.49. The van der Waals surface area contributed by atoms with Crippen LogP contribution >= 0.6 is 0 Å². The summed E-state index contributed by atoms with van der Waals surface area (Å²) in [5.41, 5.74) is -1.15. The summed E-state index contributed by atoms with van der Waals surface area (Å²) in [5, 5.41) is 0. The highest BCUT2D eigenvalue weighted by atomic mass is 16.5. The number of esters is 2. The molecule has 0 aromatic carbocycles. The van der Waals surface area contributed by atoms with E-state index in [1.165, 1.54) is 14.2 Å². The van der Waals surface area contributed by atoms with Crippen molar-refractivity contribution in [2.24, 2.45) is 23.2 Å². The first kappa shape index (κ1) is 14.8. The minimum absolute atomic E-state index is 0.187. The van der Waals surface area contributed by atoms with Crippen LogP contribution in [0.4, 0.5) is 0 Å². The van der Waals surface area contributed by atoms with Gasteiger partial charge in [0.25, 0.3) is 0 Å². The summed E-state index contributed by atoms with van der Waals surface area (Å²) in [4.78, 5) is 24.3. The third-order valence-electron chi connectivity index (χ3n) is 4.45. The molecule has 0 unspecified atom stereocenters. The second-order valence-electron chi connectivity index (χ2n) is 5.83. The lowest BCUT2D eigenvalue weighted by Gasteiger charge is -2.22. The van der Waals surface area contributed by atoms with E-state index < -0.39 is 17.4 Å². The quantitative estimate of drug-likeness (QED) is 0.442. The standard InChI is InChI=1S/C16H22O4/c1-11-5-4-6-12-9-16(14(17)19-2,15(18)20-3)10-13(12)8-7-11/h4,6-8,11-13H,5,9-10H2,1-3H3/b6-4-,8-7-/t11-,12-,13+/m0/s1. The topological polar surface area (TPSA) is 52.6 Å². The van der Waals surface area contributed by atoms with Gasteiger partial charge in [-0.1, -0.05) is 31.2 Å². The van der Waals surface area contributed by atoms with Gasteiger partial charge in [-0.15, -0.1) is 0 Å². The Hall–Kier alpha value is -1.58. The van der Waals surface area contributed by atoms with Crippen LogP contribution in [0.25, 0.3) is 0 Å². The van der Waals surface area contributed by atoms with E-state index >= 15 is 0 Å². The molecule has 0 N–H and O–H groups in total. The van der Waals surface area contributed by atoms with E-state index in [2.05, 4.69) is 31.2 Å². The molecule has 2 rings (SSSR count). The van der Waals surface area contributed by atoms with Crippen molar-refractivity contribution in [1.29, 1.82) is 0 Å². The van der Waals surface area contributed by atoms with Crippen LogP contribution in [0.2, 0.25) is 0 Å². The van der Waals surface area contributed by atoms with Gasteiger partial charge in [-0.25, -0.2) is 0 Å². The monoisotopic (exact) mass is 278 g/mol. The Kier molecular flexibility index (Phi) is 4.31. The van der Waals surface area contributed by atoms with Crippen LogP contribution in [-0.4, -0.2) is 26.2 Å². The molecule has 0 saturated heterocycles. The molecule has 0 aromatic heterocycles. The predicted octanol–water partition coefficient (Wildman–Crippen LogP) is 2.50. The summed E-state index contributed by atoms with van der Waals surface area (Å²) in [6.45, 7) is 2.16.